The Hall–Kier alpha value is -6.39. The number of nitrogens with zero attached hydrogens (tertiary/aromatic N) is 2. The first-order valence-corrected chi connectivity index (χ1v) is 15.8. The van der Waals surface area contributed by atoms with Crippen LogP contribution in [0, 0.1) is 0 Å². The van der Waals surface area contributed by atoms with Crippen molar-refractivity contribution in [2.24, 2.45) is 0 Å². The summed E-state index contributed by atoms with van der Waals surface area (Å²) in [4.78, 5) is 7.32. The van der Waals surface area contributed by atoms with Crippen molar-refractivity contribution >= 4 is 49.8 Å². The smallest absolute Gasteiger partial charge is 0.227 e. The number of benzene rings is 7. The molecule has 0 saturated heterocycles. The van der Waals surface area contributed by atoms with Crippen molar-refractivity contribution in [3.8, 4) is 45.2 Å². The van der Waals surface area contributed by atoms with Gasteiger partial charge in [-0.3, -0.25) is 0 Å². The van der Waals surface area contributed by atoms with E-state index in [1.165, 1.54) is 11.1 Å². The molecule has 0 unspecified atom stereocenters. The molecule has 0 fully saturated rings. The van der Waals surface area contributed by atoms with Crippen LogP contribution in [0.4, 0.5) is 17.1 Å². The Bertz CT molecular complexity index is 2590. The molecular weight excluding hydrogens is 576 g/mol. The van der Waals surface area contributed by atoms with Crippen molar-refractivity contribution in [3.63, 3.8) is 0 Å². The monoisotopic (exact) mass is 602 g/mol. The minimum absolute atomic E-state index is 0.638. The van der Waals surface area contributed by atoms with Crippen LogP contribution < -0.4 is 4.90 Å². The summed E-state index contributed by atoms with van der Waals surface area (Å²) in [6, 6.07) is 54.9. The highest BCUT2D eigenvalue weighted by Gasteiger charge is 2.30. The van der Waals surface area contributed by atoms with Crippen LogP contribution in [0.1, 0.15) is 0 Å². The summed E-state index contributed by atoms with van der Waals surface area (Å²) in [5, 5.41) is 4.46. The SMILES string of the molecule is c1ccc(-c2ccc(N(c3ccc4c5c(cccc35)-c3oc(-c5ccccc5)nc3-4)c3cccc4c3oc3ccccc34)cc2)cc1. The van der Waals surface area contributed by atoms with Gasteiger partial charge in [-0.25, -0.2) is 4.98 Å². The van der Waals surface area contributed by atoms with Crippen molar-refractivity contribution in [1.82, 2.24) is 4.98 Å². The normalized spacial score (nSPS) is 11.8. The fourth-order valence-electron chi connectivity index (χ4n) is 7.11. The Morgan fingerprint density at radius 2 is 1.13 bits per heavy atom. The zero-order valence-electron chi connectivity index (χ0n) is 25.2. The standard InChI is InChI=1S/C43H26N2O2/c1-3-11-27(12-4-1)28-21-23-30(24-22-28)45(37-19-10-16-32-31-15-7-8-20-38(31)46-41(32)37)36-26-25-34-39-33(36)17-9-18-35(39)42-40(34)44-43(47-42)29-13-5-2-6-14-29/h1-26H. The van der Waals surface area contributed by atoms with Crippen LogP contribution in [0.5, 0.6) is 0 Å². The molecule has 0 radical (unpaired) electrons. The number of rotatable bonds is 5. The van der Waals surface area contributed by atoms with Crippen LogP contribution in [0.2, 0.25) is 0 Å². The van der Waals surface area contributed by atoms with E-state index in [-0.39, 0.29) is 0 Å². The molecule has 0 atom stereocenters. The fourth-order valence-corrected chi connectivity index (χ4v) is 7.11. The summed E-state index contributed by atoms with van der Waals surface area (Å²) >= 11 is 0. The Morgan fingerprint density at radius 1 is 0.447 bits per heavy atom. The summed E-state index contributed by atoms with van der Waals surface area (Å²) in [6.07, 6.45) is 0. The maximum absolute atomic E-state index is 6.60. The Labute approximate surface area is 270 Å². The number of furan rings is 1. The van der Waals surface area contributed by atoms with Crippen molar-refractivity contribution in [2.75, 3.05) is 4.90 Å². The first-order chi connectivity index (χ1) is 23.3. The minimum atomic E-state index is 0.638. The van der Waals surface area contributed by atoms with Crippen molar-refractivity contribution in [3.05, 3.63) is 158 Å². The predicted octanol–water partition coefficient (Wildman–Crippen LogP) is 12.2. The van der Waals surface area contributed by atoms with Gasteiger partial charge < -0.3 is 13.7 Å². The molecule has 10 rings (SSSR count). The van der Waals surface area contributed by atoms with Gasteiger partial charge in [-0.2, -0.15) is 0 Å². The van der Waals surface area contributed by atoms with E-state index < -0.39 is 0 Å². The number of aromatic nitrogens is 1. The maximum atomic E-state index is 6.60. The van der Waals surface area contributed by atoms with Crippen molar-refractivity contribution in [1.29, 1.82) is 0 Å². The van der Waals surface area contributed by atoms with Gasteiger partial charge in [0, 0.05) is 43.9 Å². The van der Waals surface area contributed by atoms with E-state index in [1.54, 1.807) is 0 Å². The van der Waals surface area contributed by atoms with E-state index in [1.807, 2.05) is 48.5 Å². The highest BCUT2D eigenvalue weighted by molar-refractivity contribution is 6.19. The van der Waals surface area contributed by atoms with Crippen molar-refractivity contribution < 1.29 is 8.83 Å². The van der Waals surface area contributed by atoms with Gasteiger partial charge in [0.2, 0.25) is 5.89 Å². The van der Waals surface area contributed by atoms with E-state index in [2.05, 4.69) is 114 Å². The van der Waals surface area contributed by atoms with E-state index >= 15 is 0 Å². The second-order valence-corrected chi connectivity index (χ2v) is 11.9. The van der Waals surface area contributed by atoms with Crippen LogP contribution in [0.25, 0.3) is 77.9 Å². The zero-order valence-corrected chi connectivity index (χ0v) is 25.2. The van der Waals surface area contributed by atoms with E-state index in [4.69, 9.17) is 13.8 Å². The topological polar surface area (TPSA) is 42.4 Å². The van der Waals surface area contributed by atoms with Gasteiger partial charge in [0.25, 0.3) is 0 Å². The average Bonchev–Trinajstić information content (AvgIpc) is 3.83. The van der Waals surface area contributed by atoms with Gasteiger partial charge in [-0.05, 0) is 59.7 Å². The van der Waals surface area contributed by atoms with Crippen LogP contribution in [-0.2, 0) is 0 Å². The quantitative estimate of drug-likeness (QED) is 0.197. The molecule has 1 aliphatic carbocycles. The lowest BCUT2D eigenvalue weighted by atomic mass is 10.00. The second-order valence-electron chi connectivity index (χ2n) is 11.9. The first-order valence-electron chi connectivity index (χ1n) is 15.8. The molecule has 4 heteroatoms. The number of para-hydroxylation sites is 2. The molecule has 47 heavy (non-hydrogen) atoms. The van der Waals surface area contributed by atoms with Crippen LogP contribution in [0.3, 0.4) is 0 Å². The molecule has 0 aliphatic heterocycles. The van der Waals surface area contributed by atoms with Crippen LogP contribution >= 0.6 is 0 Å². The Balaban J connectivity index is 1.19. The molecule has 0 N–H and O–H groups in total. The number of anilines is 3. The summed E-state index contributed by atoms with van der Waals surface area (Å²) in [5.74, 6) is 1.46. The number of hydrogen-bond acceptors (Lipinski definition) is 4. The molecule has 9 aromatic rings. The Kier molecular flexibility index (Phi) is 5.54. The van der Waals surface area contributed by atoms with Gasteiger partial charge in [0.05, 0.1) is 11.4 Å². The van der Waals surface area contributed by atoms with E-state index in [0.29, 0.717) is 5.89 Å². The van der Waals surface area contributed by atoms with Crippen molar-refractivity contribution in [2.45, 2.75) is 0 Å². The molecular formula is C43H26N2O2. The fraction of sp³-hybridized carbons (Fsp3) is 0. The lowest BCUT2D eigenvalue weighted by Crippen LogP contribution is -2.11. The van der Waals surface area contributed by atoms with Crippen LogP contribution in [0.15, 0.2) is 167 Å². The number of fused-ring (bicyclic) bond motifs is 6. The van der Waals surface area contributed by atoms with Gasteiger partial charge in [-0.15, -0.1) is 0 Å². The Morgan fingerprint density at radius 3 is 1.96 bits per heavy atom. The highest BCUT2D eigenvalue weighted by atomic mass is 16.4. The largest absolute Gasteiger partial charge is 0.454 e. The zero-order chi connectivity index (χ0) is 30.9. The summed E-state index contributed by atoms with van der Waals surface area (Å²) in [5.41, 5.74) is 11.2. The maximum Gasteiger partial charge on any atom is 0.227 e. The minimum Gasteiger partial charge on any atom is -0.454 e. The van der Waals surface area contributed by atoms with Gasteiger partial charge in [0.15, 0.2) is 11.3 Å². The van der Waals surface area contributed by atoms with Crippen LogP contribution in [-0.4, -0.2) is 4.98 Å². The number of hydrogen-bond donors (Lipinski definition) is 0. The third kappa shape index (κ3) is 3.92. The van der Waals surface area contributed by atoms with Gasteiger partial charge >= 0.3 is 0 Å². The summed E-state index contributed by atoms with van der Waals surface area (Å²) < 4.78 is 13.1. The van der Waals surface area contributed by atoms with Gasteiger partial charge in [0.1, 0.15) is 11.3 Å². The molecule has 0 spiro atoms. The molecule has 2 aromatic heterocycles. The molecule has 2 heterocycles. The van der Waals surface area contributed by atoms with E-state index in [0.717, 1.165) is 77.9 Å². The molecule has 0 amide bonds. The second kappa shape index (κ2) is 10.1. The molecule has 7 aromatic carbocycles. The summed E-state index contributed by atoms with van der Waals surface area (Å²) in [7, 11) is 0. The lowest BCUT2D eigenvalue weighted by Gasteiger charge is -2.27. The highest BCUT2D eigenvalue weighted by Crippen LogP contribution is 2.52. The predicted molar refractivity (Wildman–Crippen MR) is 191 cm³/mol. The number of oxazole rings is 1. The van der Waals surface area contributed by atoms with E-state index in [9.17, 15) is 0 Å². The average molecular weight is 603 g/mol. The lowest BCUT2D eigenvalue weighted by molar-refractivity contribution is 0.590. The molecule has 0 saturated carbocycles. The molecule has 0 bridgehead atoms. The third-order valence-corrected chi connectivity index (χ3v) is 9.26. The first kappa shape index (κ1) is 25.9. The molecule has 220 valence electrons. The summed E-state index contributed by atoms with van der Waals surface area (Å²) in [6.45, 7) is 0. The molecule has 1 aliphatic rings. The molecule has 4 nitrogen and oxygen atoms in total. The third-order valence-electron chi connectivity index (χ3n) is 9.26. The van der Waals surface area contributed by atoms with Gasteiger partial charge in [-0.1, -0.05) is 109 Å².